The lowest BCUT2D eigenvalue weighted by atomic mass is 9.71. The van der Waals surface area contributed by atoms with Crippen molar-refractivity contribution in [2.75, 3.05) is 0 Å². The predicted octanol–water partition coefficient (Wildman–Crippen LogP) is 6.33. The smallest absolute Gasteiger partial charge is 0.309 e. The molecule has 2 heteroatoms. The minimum atomic E-state index is -0.530. The first-order chi connectivity index (χ1) is 10.2. The Morgan fingerprint density at radius 1 is 0.810 bits per heavy atom. The first-order valence-corrected chi connectivity index (χ1v) is 9.45. The van der Waals surface area contributed by atoms with Crippen molar-refractivity contribution in [3.05, 3.63) is 0 Å². The third-order valence-corrected chi connectivity index (χ3v) is 5.27. The third-order valence-electron chi connectivity index (χ3n) is 5.27. The van der Waals surface area contributed by atoms with Crippen LogP contribution in [0.2, 0.25) is 0 Å². The Labute approximate surface area is 131 Å². The third kappa shape index (κ3) is 7.33. The van der Waals surface area contributed by atoms with E-state index in [2.05, 4.69) is 6.92 Å². The Balaban J connectivity index is 2.01. The van der Waals surface area contributed by atoms with Crippen LogP contribution in [0, 0.1) is 5.41 Å². The maximum Gasteiger partial charge on any atom is 0.309 e. The maximum atomic E-state index is 11.6. The molecule has 0 amide bonds. The molecule has 2 nitrogen and oxygen atoms in total. The van der Waals surface area contributed by atoms with Gasteiger partial charge in [0.15, 0.2) is 0 Å². The summed E-state index contributed by atoms with van der Waals surface area (Å²) in [5.41, 5.74) is -0.363. The fourth-order valence-electron chi connectivity index (χ4n) is 3.75. The van der Waals surface area contributed by atoms with E-state index in [9.17, 15) is 9.90 Å². The van der Waals surface area contributed by atoms with Crippen LogP contribution < -0.4 is 0 Å². The van der Waals surface area contributed by atoms with E-state index < -0.39 is 5.97 Å². The fourth-order valence-corrected chi connectivity index (χ4v) is 3.75. The molecule has 0 spiro atoms. The highest BCUT2D eigenvalue weighted by molar-refractivity contribution is 5.74. The molecular weight excluding hydrogens is 260 g/mol. The Morgan fingerprint density at radius 3 is 1.76 bits per heavy atom. The van der Waals surface area contributed by atoms with Gasteiger partial charge in [-0.1, -0.05) is 90.4 Å². The zero-order chi connectivity index (χ0) is 15.4. The molecule has 0 heterocycles. The van der Waals surface area contributed by atoms with Crippen LogP contribution in [0.25, 0.3) is 0 Å². The van der Waals surface area contributed by atoms with Crippen LogP contribution in [0.4, 0.5) is 0 Å². The van der Waals surface area contributed by atoms with Crippen molar-refractivity contribution in [3.63, 3.8) is 0 Å². The van der Waals surface area contributed by atoms with Crippen LogP contribution in [0.1, 0.15) is 110 Å². The molecular formula is C19H36O2. The van der Waals surface area contributed by atoms with Crippen molar-refractivity contribution < 1.29 is 9.90 Å². The standard InChI is InChI=1S/C19H36O2/c1-2-3-4-5-6-7-8-9-10-12-15-19(18(20)21)16-13-11-14-17-19/h2-17H2,1H3,(H,20,21). The largest absolute Gasteiger partial charge is 0.481 e. The first-order valence-electron chi connectivity index (χ1n) is 9.45. The number of hydrogen-bond acceptors (Lipinski definition) is 1. The summed E-state index contributed by atoms with van der Waals surface area (Å²) in [6.07, 6.45) is 19.4. The topological polar surface area (TPSA) is 37.3 Å². The van der Waals surface area contributed by atoms with Crippen LogP contribution in [0.5, 0.6) is 0 Å². The van der Waals surface area contributed by atoms with Crippen LogP contribution in [0.3, 0.4) is 0 Å². The molecule has 1 aliphatic rings. The van der Waals surface area contributed by atoms with Crippen molar-refractivity contribution in [3.8, 4) is 0 Å². The normalized spacial score (nSPS) is 17.8. The molecule has 0 aliphatic heterocycles. The molecule has 1 fully saturated rings. The Bertz CT molecular complexity index is 267. The zero-order valence-electron chi connectivity index (χ0n) is 14.2. The van der Waals surface area contributed by atoms with Crippen molar-refractivity contribution >= 4 is 5.97 Å². The summed E-state index contributed by atoms with van der Waals surface area (Å²) in [6.45, 7) is 2.26. The van der Waals surface area contributed by atoms with Gasteiger partial charge in [0.05, 0.1) is 5.41 Å². The summed E-state index contributed by atoms with van der Waals surface area (Å²) < 4.78 is 0. The fraction of sp³-hybridized carbons (Fsp3) is 0.947. The SMILES string of the molecule is CCCCCCCCCCCCC1(C(=O)O)CCCCC1. The zero-order valence-corrected chi connectivity index (χ0v) is 14.2. The van der Waals surface area contributed by atoms with Gasteiger partial charge < -0.3 is 5.11 Å². The molecule has 1 rings (SSSR count). The molecule has 0 aromatic rings. The van der Waals surface area contributed by atoms with Crippen molar-refractivity contribution in [2.45, 2.75) is 110 Å². The van der Waals surface area contributed by atoms with Crippen LogP contribution >= 0.6 is 0 Å². The monoisotopic (exact) mass is 296 g/mol. The second-order valence-corrected chi connectivity index (χ2v) is 7.08. The minimum absolute atomic E-state index is 0.363. The van der Waals surface area contributed by atoms with Gasteiger partial charge in [0, 0.05) is 0 Å². The molecule has 0 bridgehead atoms. The molecule has 0 radical (unpaired) electrons. The van der Waals surface area contributed by atoms with Gasteiger partial charge in [0.2, 0.25) is 0 Å². The number of carboxylic acid groups (broad SMARTS) is 1. The minimum Gasteiger partial charge on any atom is -0.481 e. The summed E-state index contributed by atoms with van der Waals surface area (Å²) >= 11 is 0. The Morgan fingerprint density at radius 2 is 1.29 bits per heavy atom. The van der Waals surface area contributed by atoms with E-state index in [1.54, 1.807) is 0 Å². The average Bonchev–Trinajstić information content (AvgIpc) is 2.50. The summed E-state index contributed by atoms with van der Waals surface area (Å²) in [5.74, 6) is -0.530. The lowest BCUT2D eigenvalue weighted by molar-refractivity contribution is -0.151. The number of rotatable bonds is 12. The second-order valence-electron chi connectivity index (χ2n) is 7.08. The molecule has 0 aromatic heterocycles. The molecule has 0 aromatic carbocycles. The summed E-state index contributed by atoms with van der Waals surface area (Å²) in [4.78, 5) is 11.6. The van der Waals surface area contributed by atoms with E-state index in [0.29, 0.717) is 0 Å². The number of aliphatic carboxylic acids is 1. The number of carboxylic acids is 1. The van der Waals surface area contributed by atoms with E-state index >= 15 is 0 Å². The molecule has 124 valence electrons. The first kappa shape index (κ1) is 18.5. The summed E-state index contributed by atoms with van der Waals surface area (Å²) in [6, 6.07) is 0. The van der Waals surface area contributed by atoms with Gasteiger partial charge in [-0.25, -0.2) is 0 Å². The van der Waals surface area contributed by atoms with Gasteiger partial charge in [-0.3, -0.25) is 4.79 Å². The summed E-state index contributed by atoms with van der Waals surface area (Å²) in [7, 11) is 0. The highest BCUT2D eigenvalue weighted by Crippen LogP contribution is 2.41. The Kier molecular flexibility index (Phi) is 9.78. The summed E-state index contributed by atoms with van der Waals surface area (Å²) in [5, 5.41) is 9.53. The molecule has 1 aliphatic carbocycles. The van der Waals surface area contributed by atoms with Gasteiger partial charge >= 0.3 is 5.97 Å². The Hall–Kier alpha value is -0.530. The van der Waals surface area contributed by atoms with E-state index in [0.717, 1.165) is 38.5 Å². The van der Waals surface area contributed by atoms with E-state index in [-0.39, 0.29) is 5.41 Å². The highest BCUT2D eigenvalue weighted by Gasteiger charge is 2.38. The van der Waals surface area contributed by atoms with Crippen molar-refractivity contribution in [2.24, 2.45) is 5.41 Å². The van der Waals surface area contributed by atoms with Gasteiger partial charge in [0.1, 0.15) is 0 Å². The van der Waals surface area contributed by atoms with Crippen molar-refractivity contribution in [1.82, 2.24) is 0 Å². The molecule has 1 saturated carbocycles. The quantitative estimate of drug-likeness (QED) is 0.427. The van der Waals surface area contributed by atoms with Gasteiger partial charge in [-0.2, -0.15) is 0 Å². The molecule has 21 heavy (non-hydrogen) atoms. The lowest BCUT2D eigenvalue weighted by Gasteiger charge is -2.33. The van der Waals surface area contributed by atoms with Crippen LogP contribution in [-0.2, 0) is 4.79 Å². The van der Waals surface area contributed by atoms with E-state index in [1.807, 2.05) is 0 Å². The number of carbonyl (C=O) groups is 1. The highest BCUT2D eigenvalue weighted by atomic mass is 16.4. The number of hydrogen-bond donors (Lipinski definition) is 1. The van der Waals surface area contributed by atoms with E-state index in [1.165, 1.54) is 64.2 Å². The van der Waals surface area contributed by atoms with Crippen molar-refractivity contribution in [1.29, 1.82) is 0 Å². The average molecular weight is 296 g/mol. The lowest BCUT2D eigenvalue weighted by Crippen LogP contribution is -2.33. The van der Waals surface area contributed by atoms with Gasteiger partial charge in [-0.15, -0.1) is 0 Å². The van der Waals surface area contributed by atoms with Crippen LogP contribution in [-0.4, -0.2) is 11.1 Å². The van der Waals surface area contributed by atoms with Gasteiger partial charge in [0.25, 0.3) is 0 Å². The molecule has 0 saturated heterocycles. The number of unbranched alkanes of at least 4 members (excludes halogenated alkanes) is 9. The van der Waals surface area contributed by atoms with Crippen LogP contribution in [0.15, 0.2) is 0 Å². The van der Waals surface area contributed by atoms with Gasteiger partial charge in [-0.05, 0) is 19.3 Å². The predicted molar refractivity (Wildman–Crippen MR) is 89.6 cm³/mol. The van der Waals surface area contributed by atoms with E-state index in [4.69, 9.17) is 0 Å². The molecule has 0 unspecified atom stereocenters. The second kappa shape index (κ2) is 11.1. The molecule has 0 atom stereocenters. The maximum absolute atomic E-state index is 11.6. The molecule has 1 N–H and O–H groups in total.